The minimum Gasteiger partial charge on any atom is -0.871 e. The first-order valence-electron chi connectivity index (χ1n) is 15.6. The van der Waals surface area contributed by atoms with E-state index in [1.54, 1.807) is 23.2 Å². The van der Waals surface area contributed by atoms with Gasteiger partial charge in [0.15, 0.2) is 0 Å². The average molecular weight is 694 g/mol. The molecular formula is C33H43ClCoN8O3. The third kappa shape index (κ3) is 9.11. The van der Waals surface area contributed by atoms with Crippen LogP contribution in [-0.2, 0) is 16.8 Å². The molecule has 0 bridgehead atoms. The van der Waals surface area contributed by atoms with Crippen LogP contribution in [0.4, 0.5) is 5.69 Å². The summed E-state index contributed by atoms with van der Waals surface area (Å²) in [7, 11) is 3.98. The van der Waals surface area contributed by atoms with Crippen LogP contribution in [0.15, 0.2) is 59.2 Å². The Morgan fingerprint density at radius 1 is 1.00 bits per heavy atom. The van der Waals surface area contributed by atoms with Gasteiger partial charge in [-0.1, -0.05) is 11.8 Å². The van der Waals surface area contributed by atoms with E-state index in [9.17, 15) is 10.2 Å². The van der Waals surface area contributed by atoms with Crippen LogP contribution < -0.4 is 51.7 Å². The maximum atomic E-state index is 13.5. The molecule has 46 heavy (non-hydrogen) atoms. The number of likely N-dealkylation sites (N-methyl/N-ethyl adjacent to an activating group) is 1. The fraction of sp³-hybridized carbons (Fsp3) is 0.455. The predicted octanol–water partition coefficient (Wildman–Crippen LogP) is -0.610. The zero-order valence-electron chi connectivity index (χ0n) is 26.4. The van der Waals surface area contributed by atoms with E-state index in [0.717, 1.165) is 86.2 Å². The number of anilines is 1. The number of aromatic nitrogens is 1. The van der Waals surface area contributed by atoms with E-state index < -0.39 is 0 Å². The second kappa shape index (κ2) is 17.8. The number of nitrogens with zero attached hydrogens (tertiary/aromatic N) is 4. The molecule has 1 fully saturated rings. The Morgan fingerprint density at radius 2 is 1.65 bits per heavy atom. The zero-order chi connectivity index (χ0) is 31.6. The van der Waals surface area contributed by atoms with Crippen LogP contribution in [-0.4, -0.2) is 102 Å². The van der Waals surface area contributed by atoms with E-state index in [1.165, 1.54) is 6.07 Å². The van der Waals surface area contributed by atoms with Gasteiger partial charge in [0, 0.05) is 99.7 Å². The number of ether oxygens (including phenoxy) is 1. The van der Waals surface area contributed by atoms with Gasteiger partial charge in [-0.25, -0.2) is 4.99 Å². The van der Waals surface area contributed by atoms with Crippen molar-refractivity contribution >= 4 is 34.3 Å². The number of benzene rings is 2. The fourth-order valence-electron chi connectivity index (χ4n) is 5.56. The molecule has 3 aliphatic rings. The van der Waals surface area contributed by atoms with Gasteiger partial charge in [0.25, 0.3) is 0 Å². The quantitative estimate of drug-likeness (QED) is 0.196. The fourth-order valence-corrected chi connectivity index (χ4v) is 5.81. The van der Waals surface area contributed by atoms with E-state index in [1.807, 2.05) is 43.3 Å². The van der Waals surface area contributed by atoms with Gasteiger partial charge in [0.05, 0.1) is 16.6 Å². The van der Waals surface area contributed by atoms with Crippen LogP contribution in [0.2, 0.25) is 0 Å². The summed E-state index contributed by atoms with van der Waals surface area (Å²) in [6, 6.07) is 10.8. The van der Waals surface area contributed by atoms with E-state index in [4.69, 9.17) is 16.3 Å². The summed E-state index contributed by atoms with van der Waals surface area (Å²) in [5.41, 5.74) is 2.22. The number of halogens is 1. The number of fused-ring (bicyclic) bond motifs is 4. The van der Waals surface area contributed by atoms with Crippen molar-refractivity contribution in [1.82, 2.24) is 31.2 Å². The first-order valence-corrected chi connectivity index (χ1v) is 16.1. The molecule has 249 valence electrons. The minimum absolute atomic E-state index is 0. The first-order chi connectivity index (χ1) is 22.0. The van der Waals surface area contributed by atoms with Crippen molar-refractivity contribution in [2.75, 3.05) is 96.9 Å². The number of pyridine rings is 1. The summed E-state index contributed by atoms with van der Waals surface area (Å²) >= 11 is 6.27. The Hall–Kier alpha value is -2.94. The molecule has 3 aliphatic heterocycles. The van der Waals surface area contributed by atoms with Gasteiger partial charge in [-0.05, 0) is 61.9 Å². The van der Waals surface area contributed by atoms with Crippen molar-refractivity contribution in [3.8, 4) is 11.5 Å². The summed E-state index contributed by atoms with van der Waals surface area (Å²) in [6.07, 6.45) is 3.37. The summed E-state index contributed by atoms with van der Waals surface area (Å²) in [6.45, 7) is 10.3. The molecule has 0 spiro atoms. The van der Waals surface area contributed by atoms with Crippen LogP contribution in [0.5, 0.6) is 11.5 Å². The van der Waals surface area contributed by atoms with Crippen LogP contribution in [0, 0.1) is 0 Å². The molecule has 4 N–H and O–H groups in total. The van der Waals surface area contributed by atoms with Crippen LogP contribution in [0.25, 0.3) is 17.0 Å². The number of hydrogen-bond acceptors (Lipinski definition) is 11. The molecule has 11 nitrogen and oxygen atoms in total. The summed E-state index contributed by atoms with van der Waals surface area (Å²) in [4.78, 5) is 12.4. The Labute approximate surface area is 286 Å². The first kappa shape index (κ1) is 35.9. The molecule has 3 aromatic rings. The summed E-state index contributed by atoms with van der Waals surface area (Å²) < 4.78 is 5.80. The third-order valence-corrected chi connectivity index (χ3v) is 8.25. The van der Waals surface area contributed by atoms with Gasteiger partial charge < -0.3 is 46.0 Å². The molecule has 1 saturated heterocycles. The molecule has 13 heteroatoms. The van der Waals surface area contributed by atoms with E-state index in [-0.39, 0.29) is 34.3 Å². The molecule has 1 aromatic heterocycles. The molecule has 0 amide bonds. The standard InChI is InChI=1S/C25H25ClN4O3.C8H20N4.Co/c1-29(2)8-9-33-17-5-6-19-15(10-17)11-20(28-19)25(32)30-14-16(13-26)23-18-4-3-7-27-24(18)22(31)12-21(23)30;1-2-10-5-6-12-8-7-11-4-3-9-1;/h3-7,10-12,16,31-32H,8-9,13-14H2,1-2H3;9-12H,1-8H2;/q;;+2/p-2/b25-20-;;. The molecule has 1 radical (unpaired) electrons. The topological polar surface area (TPSA) is 135 Å². The molecule has 2 aromatic carbocycles. The molecular weight excluding hydrogens is 651 g/mol. The van der Waals surface area contributed by atoms with Crippen LogP contribution in [0.1, 0.15) is 11.5 Å². The van der Waals surface area contributed by atoms with Crippen LogP contribution in [0.3, 0.4) is 0 Å². The van der Waals surface area contributed by atoms with Gasteiger partial charge in [0.2, 0.25) is 0 Å². The van der Waals surface area contributed by atoms with Crippen molar-refractivity contribution in [2.24, 2.45) is 4.99 Å². The van der Waals surface area contributed by atoms with Crippen molar-refractivity contribution in [3.63, 3.8) is 0 Å². The van der Waals surface area contributed by atoms with Crippen molar-refractivity contribution in [2.45, 2.75) is 5.92 Å². The third-order valence-electron chi connectivity index (χ3n) is 7.88. The molecule has 1 unspecified atom stereocenters. The van der Waals surface area contributed by atoms with E-state index in [0.29, 0.717) is 35.9 Å². The van der Waals surface area contributed by atoms with Crippen LogP contribution >= 0.6 is 11.6 Å². The second-order valence-electron chi connectivity index (χ2n) is 11.5. The van der Waals surface area contributed by atoms with Gasteiger partial charge in [0.1, 0.15) is 12.4 Å². The Balaban J connectivity index is 0.000000314. The Kier molecular flexibility index (Phi) is 13.9. The van der Waals surface area contributed by atoms with Gasteiger partial charge in [-0.3, -0.25) is 4.98 Å². The van der Waals surface area contributed by atoms with E-state index >= 15 is 0 Å². The Morgan fingerprint density at radius 3 is 2.26 bits per heavy atom. The van der Waals surface area contributed by atoms with Crippen molar-refractivity contribution in [1.29, 1.82) is 0 Å². The van der Waals surface area contributed by atoms with Gasteiger partial charge in [-0.2, -0.15) is 0 Å². The number of rotatable bonds is 6. The summed E-state index contributed by atoms with van der Waals surface area (Å²) in [5, 5.41) is 41.9. The maximum Gasteiger partial charge on any atom is 2.00 e. The molecule has 4 heterocycles. The predicted molar refractivity (Wildman–Crippen MR) is 176 cm³/mol. The van der Waals surface area contributed by atoms with Gasteiger partial charge in [-0.15, -0.1) is 11.6 Å². The van der Waals surface area contributed by atoms with Crippen molar-refractivity contribution in [3.05, 3.63) is 70.3 Å². The molecule has 0 saturated carbocycles. The SMILES string of the molecule is C1CNCCNCCNCCN1.CN(C)CCOc1ccc2c(c1)=C/C(=C(/[O-])N1CC(CCl)c3c1cc([O-])c1ncccc31)N=2.[Co+2]. The normalized spacial score (nSPS) is 19.3. The zero-order valence-corrected chi connectivity index (χ0v) is 28.2. The number of allylic oxidation sites excluding steroid dienone is 1. The smallest absolute Gasteiger partial charge is 0.871 e. The largest absolute Gasteiger partial charge is 2.00 e. The molecule has 0 aliphatic carbocycles. The van der Waals surface area contributed by atoms with Gasteiger partial charge >= 0.3 is 16.8 Å². The average Bonchev–Trinajstić information content (AvgIpc) is 3.63. The number of nitrogens with one attached hydrogen (secondary N) is 4. The Bertz CT molecular complexity index is 1560. The minimum atomic E-state index is -0.252. The maximum absolute atomic E-state index is 13.5. The monoisotopic (exact) mass is 693 g/mol. The van der Waals surface area contributed by atoms with Crippen molar-refractivity contribution < 1.29 is 31.7 Å². The number of hydrogen-bond donors (Lipinski definition) is 4. The van der Waals surface area contributed by atoms with E-state index in [2.05, 4.69) is 31.2 Å². The molecule has 1 atom stereocenters. The summed E-state index contributed by atoms with van der Waals surface area (Å²) in [5.74, 6) is 0.525. The number of alkyl halides is 1. The second-order valence-corrected chi connectivity index (χ2v) is 11.8. The molecule has 6 rings (SSSR count).